The second-order valence-electron chi connectivity index (χ2n) is 3.74. The fraction of sp³-hybridized carbons (Fsp3) is 0.231. The van der Waals surface area contributed by atoms with Gasteiger partial charge in [-0.15, -0.1) is 0 Å². The van der Waals surface area contributed by atoms with E-state index < -0.39 is 5.97 Å². The van der Waals surface area contributed by atoms with E-state index in [1.807, 2.05) is 37.3 Å². The molecule has 0 aliphatic heterocycles. The average molecular weight is 231 g/mol. The molecule has 0 spiro atoms. The van der Waals surface area contributed by atoms with Crippen LogP contribution in [0.4, 0.5) is 0 Å². The van der Waals surface area contributed by atoms with Crippen LogP contribution in [0.25, 0.3) is 0 Å². The van der Waals surface area contributed by atoms with Crippen LogP contribution in [0.15, 0.2) is 40.9 Å². The van der Waals surface area contributed by atoms with E-state index in [-0.39, 0.29) is 11.6 Å². The lowest BCUT2D eigenvalue weighted by Gasteiger charge is -2.06. The molecule has 1 aromatic heterocycles. The molecule has 0 amide bonds. The molecule has 0 saturated heterocycles. The number of ether oxygens (including phenoxy) is 1. The first-order valence-corrected chi connectivity index (χ1v) is 5.32. The zero-order valence-electron chi connectivity index (χ0n) is 9.71. The van der Waals surface area contributed by atoms with Gasteiger partial charge in [0, 0.05) is 12.0 Å². The third-order valence-corrected chi connectivity index (χ3v) is 2.65. The highest BCUT2D eigenvalue weighted by Crippen LogP contribution is 2.24. The quantitative estimate of drug-likeness (QED) is 0.762. The fourth-order valence-electron chi connectivity index (χ4n) is 1.60. The van der Waals surface area contributed by atoms with E-state index in [9.17, 15) is 4.79 Å². The molecule has 1 aromatic carbocycles. The highest BCUT2D eigenvalue weighted by atomic mass is 16.5. The molecule has 1 unspecified atom stereocenters. The van der Waals surface area contributed by atoms with Crippen molar-refractivity contribution >= 4 is 5.97 Å². The first-order valence-electron chi connectivity index (χ1n) is 5.32. The van der Waals surface area contributed by atoms with Crippen LogP contribution in [0, 0.1) is 0 Å². The minimum absolute atomic E-state index is 0.0575. The van der Waals surface area contributed by atoms with E-state index in [0.29, 0.717) is 5.76 Å². The Bertz CT molecular complexity index is 504. The highest BCUT2D eigenvalue weighted by Gasteiger charge is 2.17. The highest BCUT2D eigenvalue weighted by molar-refractivity contribution is 5.87. The van der Waals surface area contributed by atoms with Gasteiger partial charge in [0.05, 0.1) is 7.11 Å². The van der Waals surface area contributed by atoms with Crippen LogP contribution in [0.2, 0.25) is 0 Å². The fourth-order valence-corrected chi connectivity index (χ4v) is 1.60. The Hall–Kier alpha value is -2.10. The number of hydrogen-bond acceptors (Lipinski definition) is 4. The standard InChI is InChI=1S/C13H13NO3/c1-9(10-6-4-3-5-7-10)12-8-11(14-17-12)13(15)16-2/h3-9H,1-2H3. The zero-order chi connectivity index (χ0) is 12.3. The number of aromatic nitrogens is 1. The molecule has 2 aromatic rings. The summed E-state index contributed by atoms with van der Waals surface area (Å²) in [6.45, 7) is 2.00. The topological polar surface area (TPSA) is 52.3 Å². The number of hydrogen-bond donors (Lipinski definition) is 0. The predicted octanol–water partition coefficient (Wildman–Crippen LogP) is 2.61. The number of nitrogens with zero attached hydrogens (tertiary/aromatic N) is 1. The minimum Gasteiger partial charge on any atom is -0.464 e. The van der Waals surface area contributed by atoms with Crippen molar-refractivity contribution in [1.82, 2.24) is 5.16 Å². The third-order valence-electron chi connectivity index (χ3n) is 2.65. The van der Waals surface area contributed by atoms with Crippen LogP contribution in [0.5, 0.6) is 0 Å². The van der Waals surface area contributed by atoms with Gasteiger partial charge in [-0.1, -0.05) is 42.4 Å². The van der Waals surface area contributed by atoms with Crippen molar-refractivity contribution in [3.63, 3.8) is 0 Å². The molecule has 0 N–H and O–H groups in total. The third kappa shape index (κ3) is 2.36. The lowest BCUT2D eigenvalue weighted by Crippen LogP contribution is -2.00. The van der Waals surface area contributed by atoms with Crippen LogP contribution >= 0.6 is 0 Å². The van der Waals surface area contributed by atoms with E-state index in [2.05, 4.69) is 9.89 Å². The van der Waals surface area contributed by atoms with Crippen LogP contribution in [-0.2, 0) is 4.74 Å². The van der Waals surface area contributed by atoms with Crippen molar-refractivity contribution in [2.45, 2.75) is 12.8 Å². The Morgan fingerprint density at radius 3 is 2.71 bits per heavy atom. The molecule has 2 rings (SSSR count). The molecule has 0 bridgehead atoms. The molecule has 0 saturated carbocycles. The van der Waals surface area contributed by atoms with Gasteiger partial charge in [-0.2, -0.15) is 0 Å². The Kier molecular flexibility index (Phi) is 3.23. The van der Waals surface area contributed by atoms with Gasteiger partial charge in [-0.25, -0.2) is 4.79 Å². The van der Waals surface area contributed by atoms with Crippen LogP contribution in [0.3, 0.4) is 0 Å². The molecule has 4 nitrogen and oxygen atoms in total. The molecule has 1 atom stereocenters. The predicted molar refractivity (Wildman–Crippen MR) is 61.8 cm³/mol. The zero-order valence-corrected chi connectivity index (χ0v) is 9.71. The molecule has 17 heavy (non-hydrogen) atoms. The van der Waals surface area contributed by atoms with Gasteiger partial charge >= 0.3 is 5.97 Å². The molecule has 0 aliphatic rings. The summed E-state index contributed by atoms with van der Waals surface area (Å²) in [6.07, 6.45) is 0. The molecule has 88 valence electrons. The summed E-state index contributed by atoms with van der Waals surface area (Å²) in [5.41, 5.74) is 1.31. The van der Waals surface area contributed by atoms with Gasteiger partial charge in [0.25, 0.3) is 0 Å². The number of carbonyl (C=O) groups excluding carboxylic acids is 1. The van der Waals surface area contributed by atoms with Gasteiger partial charge in [0.15, 0.2) is 5.69 Å². The van der Waals surface area contributed by atoms with E-state index in [0.717, 1.165) is 5.56 Å². The van der Waals surface area contributed by atoms with Crippen LogP contribution < -0.4 is 0 Å². The maximum absolute atomic E-state index is 11.2. The molecule has 0 fully saturated rings. The van der Waals surface area contributed by atoms with E-state index in [1.54, 1.807) is 6.07 Å². The summed E-state index contributed by atoms with van der Waals surface area (Å²) < 4.78 is 9.73. The Labute approximate surface area is 99.2 Å². The number of methoxy groups -OCH3 is 1. The van der Waals surface area contributed by atoms with Crippen molar-refractivity contribution in [3.05, 3.63) is 53.4 Å². The van der Waals surface area contributed by atoms with Gasteiger partial charge in [0.1, 0.15) is 5.76 Å². The van der Waals surface area contributed by atoms with Gasteiger partial charge in [-0.3, -0.25) is 0 Å². The van der Waals surface area contributed by atoms with Crippen molar-refractivity contribution in [1.29, 1.82) is 0 Å². The SMILES string of the molecule is COC(=O)c1cc(C(C)c2ccccc2)on1. The second kappa shape index (κ2) is 4.82. The smallest absolute Gasteiger partial charge is 0.360 e. The summed E-state index contributed by atoms with van der Waals surface area (Å²) in [4.78, 5) is 11.2. The van der Waals surface area contributed by atoms with E-state index in [4.69, 9.17) is 4.52 Å². The lowest BCUT2D eigenvalue weighted by molar-refractivity contribution is 0.0589. The monoisotopic (exact) mass is 231 g/mol. The van der Waals surface area contributed by atoms with E-state index in [1.165, 1.54) is 7.11 Å². The average Bonchev–Trinajstić information content (AvgIpc) is 2.87. The summed E-state index contributed by atoms with van der Waals surface area (Å²) >= 11 is 0. The molecule has 0 radical (unpaired) electrons. The number of carbonyl (C=O) groups is 1. The Balaban J connectivity index is 2.23. The van der Waals surface area contributed by atoms with E-state index >= 15 is 0 Å². The minimum atomic E-state index is -0.486. The summed E-state index contributed by atoms with van der Waals surface area (Å²) in [5.74, 6) is 0.221. The summed E-state index contributed by atoms with van der Waals surface area (Å²) in [5, 5.41) is 3.68. The van der Waals surface area contributed by atoms with Crippen LogP contribution in [-0.4, -0.2) is 18.2 Å². The van der Waals surface area contributed by atoms with Gasteiger partial charge in [0.2, 0.25) is 0 Å². The van der Waals surface area contributed by atoms with Gasteiger partial charge < -0.3 is 9.26 Å². The summed E-state index contributed by atoms with van der Waals surface area (Å²) in [6, 6.07) is 11.5. The van der Waals surface area contributed by atoms with Crippen molar-refractivity contribution in [2.75, 3.05) is 7.11 Å². The molecule has 1 heterocycles. The van der Waals surface area contributed by atoms with Crippen molar-refractivity contribution in [2.24, 2.45) is 0 Å². The van der Waals surface area contributed by atoms with Crippen LogP contribution in [0.1, 0.15) is 34.7 Å². The molecule has 0 aliphatic carbocycles. The number of benzene rings is 1. The number of esters is 1. The summed E-state index contributed by atoms with van der Waals surface area (Å²) in [7, 11) is 1.32. The first kappa shape index (κ1) is 11.4. The second-order valence-corrected chi connectivity index (χ2v) is 3.74. The molecular weight excluding hydrogens is 218 g/mol. The maximum atomic E-state index is 11.2. The Morgan fingerprint density at radius 1 is 1.35 bits per heavy atom. The number of rotatable bonds is 3. The molecular formula is C13H13NO3. The van der Waals surface area contributed by atoms with Crippen molar-refractivity contribution < 1.29 is 14.1 Å². The molecule has 4 heteroatoms. The largest absolute Gasteiger partial charge is 0.464 e. The lowest BCUT2D eigenvalue weighted by atomic mass is 9.99. The van der Waals surface area contributed by atoms with Crippen molar-refractivity contribution in [3.8, 4) is 0 Å². The Morgan fingerprint density at radius 2 is 2.06 bits per heavy atom. The first-order chi connectivity index (χ1) is 8.22. The van der Waals surface area contributed by atoms with Gasteiger partial charge in [-0.05, 0) is 5.56 Å². The normalized spacial score (nSPS) is 12.1. The maximum Gasteiger partial charge on any atom is 0.360 e.